The highest BCUT2D eigenvalue weighted by atomic mass is 19.1. The van der Waals surface area contributed by atoms with Crippen molar-refractivity contribution in [3.05, 3.63) is 59.7 Å². The first-order valence-corrected chi connectivity index (χ1v) is 6.21. The number of anilines is 1. The topological polar surface area (TPSA) is 52.6 Å². The molecule has 0 saturated carbocycles. The van der Waals surface area contributed by atoms with Gasteiger partial charge in [-0.2, -0.15) is 0 Å². The van der Waals surface area contributed by atoms with Crippen molar-refractivity contribution in [3.63, 3.8) is 0 Å². The van der Waals surface area contributed by atoms with E-state index in [4.69, 9.17) is 0 Å². The molecule has 0 radical (unpaired) electrons. The molecule has 2 rings (SSSR count). The Bertz CT molecular complexity index is 662. The molecular weight excluding hydrogens is 278 g/mol. The Morgan fingerprint density at radius 2 is 1.95 bits per heavy atom. The highest BCUT2D eigenvalue weighted by molar-refractivity contribution is 5.89. The van der Waals surface area contributed by atoms with Gasteiger partial charge in [0, 0.05) is 18.7 Å². The van der Waals surface area contributed by atoms with E-state index in [2.05, 4.69) is 5.32 Å². The number of nitrogens with zero attached hydrogens (tertiary/aromatic N) is 1. The van der Waals surface area contributed by atoms with Crippen molar-refractivity contribution in [1.82, 2.24) is 4.90 Å². The van der Waals surface area contributed by atoms with Crippen LogP contribution < -0.4 is 5.32 Å². The molecule has 0 fully saturated rings. The number of aromatic hydroxyl groups is 1. The van der Waals surface area contributed by atoms with E-state index in [-0.39, 0.29) is 18.0 Å². The molecule has 2 amide bonds. The van der Waals surface area contributed by atoms with Gasteiger partial charge in [-0.15, -0.1) is 0 Å². The van der Waals surface area contributed by atoms with Crippen LogP contribution in [0.15, 0.2) is 42.5 Å². The SMILES string of the molecule is CN(Cc1ccccc1O)C(=O)Nc1ccc(F)cc1F. The summed E-state index contributed by atoms with van der Waals surface area (Å²) in [6.07, 6.45) is 0. The highest BCUT2D eigenvalue weighted by Crippen LogP contribution is 2.19. The molecule has 0 aromatic heterocycles. The summed E-state index contributed by atoms with van der Waals surface area (Å²) in [6.45, 7) is 0.154. The lowest BCUT2D eigenvalue weighted by atomic mass is 10.2. The van der Waals surface area contributed by atoms with E-state index in [1.54, 1.807) is 18.2 Å². The van der Waals surface area contributed by atoms with Gasteiger partial charge in [0.05, 0.1) is 12.2 Å². The Morgan fingerprint density at radius 1 is 1.24 bits per heavy atom. The van der Waals surface area contributed by atoms with Crippen molar-refractivity contribution in [3.8, 4) is 5.75 Å². The van der Waals surface area contributed by atoms with Crippen LogP contribution >= 0.6 is 0 Å². The van der Waals surface area contributed by atoms with Gasteiger partial charge in [0.25, 0.3) is 0 Å². The second-order valence-electron chi connectivity index (χ2n) is 4.54. The number of phenolic OH excluding ortho intramolecular Hbond substituents is 1. The number of halogens is 2. The van der Waals surface area contributed by atoms with Crippen molar-refractivity contribution < 1.29 is 18.7 Å². The summed E-state index contributed by atoms with van der Waals surface area (Å²) in [5.74, 6) is -1.49. The molecule has 4 nitrogen and oxygen atoms in total. The van der Waals surface area contributed by atoms with Crippen LogP contribution in [0.2, 0.25) is 0 Å². The van der Waals surface area contributed by atoms with E-state index in [9.17, 15) is 18.7 Å². The van der Waals surface area contributed by atoms with E-state index in [0.717, 1.165) is 12.1 Å². The molecule has 0 aliphatic heterocycles. The van der Waals surface area contributed by atoms with Crippen LogP contribution in [-0.2, 0) is 6.54 Å². The molecule has 6 heteroatoms. The van der Waals surface area contributed by atoms with Crippen LogP contribution in [0.5, 0.6) is 5.75 Å². The quantitative estimate of drug-likeness (QED) is 0.911. The summed E-state index contributed by atoms with van der Waals surface area (Å²) in [5, 5.41) is 12.0. The van der Waals surface area contributed by atoms with E-state index < -0.39 is 17.7 Å². The predicted octanol–water partition coefficient (Wildman–Crippen LogP) is 3.33. The Kier molecular flexibility index (Phi) is 4.37. The van der Waals surface area contributed by atoms with Gasteiger partial charge in [0.2, 0.25) is 0 Å². The molecule has 2 aromatic carbocycles. The molecule has 0 bridgehead atoms. The van der Waals surface area contributed by atoms with E-state index in [0.29, 0.717) is 11.6 Å². The molecule has 2 N–H and O–H groups in total. The third-order valence-electron chi connectivity index (χ3n) is 2.92. The van der Waals surface area contributed by atoms with Gasteiger partial charge < -0.3 is 15.3 Å². The zero-order valence-corrected chi connectivity index (χ0v) is 11.3. The maximum absolute atomic E-state index is 13.5. The Hall–Kier alpha value is -2.63. The molecule has 0 saturated heterocycles. The fourth-order valence-electron chi connectivity index (χ4n) is 1.77. The standard InChI is InChI=1S/C15H14F2N2O2/c1-19(9-10-4-2-3-5-14(10)20)15(21)18-13-7-6-11(16)8-12(13)17/h2-8,20H,9H2,1H3,(H,18,21). The number of hydrogen-bond donors (Lipinski definition) is 2. The molecule has 0 heterocycles. The maximum Gasteiger partial charge on any atom is 0.321 e. The highest BCUT2D eigenvalue weighted by Gasteiger charge is 2.13. The van der Waals surface area contributed by atoms with E-state index >= 15 is 0 Å². The summed E-state index contributed by atoms with van der Waals surface area (Å²) in [4.78, 5) is 13.2. The van der Waals surface area contributed by atoms with Gasteiger partial charge in [-0.25, -0.2) is 13.6 Å². The lowest BCUT2D eigenvalue weighted by molar-refractivity contribution is 0.220. The van der Waals surface area contributed by atoms with Crippen LogP contribution in [0.4, 0.5) is 19.3 Å². The molecule has 110 valence electrons. The van der Waals surface area contributed by atoms with Gasteiger partial charge in [-0.3, -0.25) is 0 Å². The van der Waals surface area contributed by atoms with Crippen LogP contribution in [0.3, 0.4) is 0 Å². The third kappa shape index (κ3) is 3.68. The minimum absolute atomic E-state index is 0.0742. The van der Waals surface area contributed by atoms with Crippen LogP contribution in [-0.4, -0.2) is 23.1 Å². The number of urea groups is 1. The lowest BCUT2D eigenvalue weighted by Gasteiger charge is -2.18. The molecule has 0 spiro atoms. The van der Waals surface area contributed by atoms with Gasteiger partial charge >= 0.3 is 6.03 Å². The molecule has 0 unspecified atom stereocenters. The first kappa shape index (κ1) is 14.8. The monoisotopic (exact) mass is 292 g/mol. The van der Waals surface area contributed by atoms with Crippen molar-refractivity contribution in [2.45, 2.75) is 6.54 Å². The Labute approximate surface area is 120 Å². The summed E-state index contributed by atoms with van der Waals surface area (Å²) in [7, 11) is 1.50. The molecule has 0 atom stereocenters. The Morgan fingerprint density at radius 3 is 2.62 bits per heavy atom. The number of para-hydroxylation sites is 1. The minimum Gasteiger partial charge on any atom is -0.508 e. The zero-order chi connectivity index (χ0) is 15.4. The number of carbonyl (C=O) groups is 1. The summed E-state index contributed by atoms with van der Waals surface area (Å²) >= 11 is 0. The molecule has 2 aromatic rings. The van der Waals surface area contributed by atoms with Crippen LogP contribution in [0, 0.1) is 11.6 Å². The number of rotatable bonds is 3. The summed E-state index contributed by atoms with van der Waals surface area (Å²) < 4.78 is 26.2. The van der Waals surface area contributed by atoms with Crippen LogP contribution in [0.1, 0.15) is 5.56 Å². The average molecular weight is 292 g/mol. The Balaban J connectivity index is 2.04. The van der Waals surface area contributed by atoms with Crippen molar-refractivity contribution in [2.75, 3.05) is 12.4 Å². The number of phenols is 1. The minimum atomic E-state index is -0.848. The van der Waals surface area contributed by atoms with Crippen molar-refractivity contribution >= 4 is 11.7 Å². The average Bonchev–Trinajstić information content (AvgIpc) is 2.44. The molecule has 0 aliphatic carbocycles. The number of benzene rings is 2. The second-order valence-corrected chi connectivity index (χ2v) is 4.54. The largest absolute Gasteiger partial charge is 0.508 e. The number of amides is 2. The van der Waals surface area contributed by atoms with Crippen LogP contribution in [0.25, 0.3) is 0 Å². The number of nitrogens with one attached hydrogen (secondary N) is 1. The van der Waals surface area contributed by atoms with E-state index in [1.165, 1.54) is 18.0 Å². The lowest BCUT2D eigenvalue weighted by Crippen LogP contribution is -2.31. The first-order valence-electron chi connectivity index (χ1n) is 6.21. The molecule has 0 aliphatic rings. The molecular formula is C15H14F2N2O2. The fraction of sp³-hybridized carbons (Fsp3) is 0.133. The van der Waals surface area contributed by atoms with E-state index in [1.807, 2.05) is 0 Å². The maximum atomic E-state index is 13.5. The number of hydrogen-bond acceptors (Lipinski definition) is 2. The van der Waals surface area contributed by atoms with Crippen molar-refractivity contribution in [2.24, 2.45) is 0 Å². The fourth-order valence-corrected chi connectivity index (χ4v) is 1.77. The molecule has 21 heavy (non-hydrogen) atoms. The number of carbonyl (C=O) groups excluding carboxylic acids is 1. The summed E-state index contributed by atoms with van der Waals surface area (Å²) in [5.41, 5.74) is 0.459. The van der Waals surface area contributed by atoms with Crippen molar-refractivity contribution in [1.29, 1.82) is 0 Å². The predicted molar refractivity (Wildman–Crippen MR) is 75.0 cm³/mol. The normalized spacial score (nSPS) is 10.2. The smallest absolute Gasteiger partial charge is 0.321 e. The zero-order valence-electron chi connectivity index (χ0n) is 11.3. The summed E-state index contributed by atoms with van der Waals surface area (Å²) in [6, 6.07) is 8.94. The first-order chi connectivity index (χ1) is 9.97. The van der Waals surface area contributed by atoms with Gasteiger partial charge in [-0.05, 0) is 18.2 Å². The van der Waals surface area contributed by atoms with Gasteiger partial charge in [0.1, 0.15) is 17.4 Å². The third-order valence-corrected chi connectivity index (χ3v) is 2.92. The van der Waals surface area contributed by atoms with Gasteiger partial charge in [-0.1, -0.05) is 18.2 Å². The van der Waals surface area contributed by atoms with Gasteiger partial charge in [0.15, 0.2) is 0 Å². The second kappa shape index (κ2) is 6.21.